The molecule has 4 heterocycles. The molecule has 1 aliphatic heterocycles. The molecule has 8 nitrogen and oxygen atoms in total. The monoisotopic (exact) mass is 498 g/mol. The first-order valence-corrected chi connectivity index (χ1v) is 11.5. The average Bonchev–Trinajstić information content (AvgIpc) is 3.53. The maximum atomic E-state index is 14.6. The fourth-order valence-electron chi connectivity index (χ4n) is 5.19. The van der Waals surface area contributed by atoms with E-state index in [0.717, 1.165) is 12.2 Å². The van der Waals surface area contributed by atoms with Gasteiger partial charge in [-0.15, -0.1) is 10.2 Å². The summed E-state index contributed by atoms with van der Waals surface area (Å²) in [5, 5.41) is 13.2. The summed E-state index contributed by atoms with van der Waals surface area (Å²) in [6.45, 7) is 1.30. The van der Waals surface area contributed by atoms with E-state index in [0.29, 0.717) is 36.1 Å². The lowest BCUT2D eigenvalue weighted by molar-refractivity contribution is -0.152. The zero-order valence-electron chi connectivity index (χ0n) is 19.3. The van der Waals surface area contributed by atoms with Gasteiger partial charge in [-0.05, 0) is 36.8 Å². The van der Waals surface area contributed by atoms with E-state index in [2.05, 4.69) is 30.6 Å². The van der Waals surface area contributed by atoms with Crippen LogP contribution in [0.3, 0.4) is 0 Å². The Morgan fingerprint density at radius 3 is 2.58 bits per heavy atom. The van der Waals surface area contributed by atoms with E-state index in [-0.39, 0.29) is 29.4 Å². The van der Waals surface area contributed by atoms with Crippen molar-refractivity contribution in [2.24, 2.45) is 12.5 Å². The normalized spacial score (nSPS) is 18.0. The maximum Gasteiger partial charge on any atom is 0.249 e. The van der Waals surface area contributed by atoms with Gasteiger partial charge in [0, 0.05) is 67.6 Å². The second kappa shape index (κ2) is 8.04. The number of aryl methyl sites for hydroxylation is 1. The largest absolute Gasteiger partial charge is 0.356 e. The van der Waals surface area contributed by atoms with Crippen LogP contribution in [0.15, 0.2) is 42.7 Å². The molecule has 2 N–H and O–H groups in total. The molecule has 0 radical (unpaired) electrons. The summed E-state index contributed by atoms with van der Waals surface area (Å²) in [5.41, 5.74) is 0.943. The van der Waals surface area contributed by atoms with Crippen LogP contribution in [0.2, 0.25) is 0 Å². The first kappa shape index (κ1) is 22.5. The topological polar surface area (TPSA) is 87.5 Å². The molecule has 1 aromatic carbocycles. The second-order valence-corrected chi connectivity index (χ2v) is 9.58. The quantitative estimate of drug-likeness (QED) is 0.380. The van der Waals surface area contributed by atoms with Gasteiger partial charge in [0.1, 0.15) is 11.6 Å². The predicted molar refractivity (Wildman–Crippen MR) is 125 cm³/mol. The summed E-state index contributed by atoms with van der Waals surface area (Å²) in [7, 11) is 1.70. The molecule has 0 unspecified atom stereocenters. The predicted octanol–water partition coefficient (Wildman–Crippen LogP) is 4.91. The molecule has 186 valence electrons. The summed E-state index contributed by atoms with van der Waals surface area (Å²) in [6, 6.07) is 8.00. The molecule has 2 aliphatic rings. The molecule has 2 fully saturated rings. The third-order valence-electron chi connectivity index (χ3n) is 6.91. The highest BCUT2D eigenvalue weighted by molar-refractivity contribution is 5.68. The first-order valence-electron chi connectivity index (χ1n) is 11.5. The van der Waals surface area contributed by atoms with Crippen molar-refractivity contribution in [1.29, 1.82) is 0 Å². The summed E-state index contributed by atoms with van der Waals surface area (Å²) in [5.74, 6) is -2.38. The first-order chi connectivity index (χ1) is 17.2. The molecule has 1 aliphatic carbocycles. The standard InChI is InChI=1S/C24H22F4N8/c1-35-22(31-15-3-4-16(18(25)8-15)17-10-30-33-20(17)26)32-21(34-35)14-2-5-19(29-9-14)36-7-6-23(13-36)11-24(27,28)12-23/h2-5,8-10H,6-7,11-13H2,1H3,(H,30,33)(H,31,32,34). The zero-order chi connectivity index (χ0) is 25.1. The van der Waals surface area contributed by atoms with E-state index in [9.17, 15) is 17.6 Å². The Morgan fingerprint density at radius 2 is 1.92 bits per heavy atom. The number of rotatable bonds is 5. The Morgan fingerprint density at radius 1 is 1.08 bits per heavy atom. The van der Waals surface area contributed by atoms with Gasteiger partial charge in [0.25, 0.3) is 0 Å². The number of hydrogen-bond donors (Lipinski definition) is 2. The Balaban J connectivity index is 1.15. The molecule has 1 saturated heterocycles. The van der Waals surface area contributed by atoms with Gasteiger partial charge in [0.15, 0.2) is 5.82 Å². The van der Waals surface area contributed by atoms with E-state index in [1.54, 1.807) is 19.3 Å². The van der Waals surface area contributed by atoms with Crippen molar-refractivity contribution in [3.8, 4) is 22.5 Å². The van der Waals surface area contributed by atoms with Crippen molar-refractivity contribution >= 4 is 17.5 Å². The highest BCUT2D eigenvalue weighted by atomic mass is 19.3. The van der Waals surface area contributed by atoms with Crippen molar-refractivity contribution in [3.63, 3.8) is 0 Å². The lowest BCUT2D eigenvalue weighted by Crippen LogP contribution is -2.47. The number of alkyl halides is 2. The summed E-state index contributed by atoms with van der Waals surface area (Å²) >= 11 is 0. The van der Waals surface area contributed by atoms with Gasteiger partial charge >= 0.3 is 0 Å². The van der Waals surface area contributed by atoms with Crippen LogP contribution in [-0.2, 0) is 7.05 Å². The number of anilines is 3. The number of benzene rings is 1. The average molecular weight is 498 g/mol. The van der Waals surface area contributed by atoms with Crippen LogP contribution in [0, 0.1) is 17.2 Å². The summed E-state index contributed by atoms with van der Waals surface area (Å²) < 4.78 is 56.6. The van der Waals surface area contributed by atoms with Crippen LogP contribution in [0.4, 0.5) is 35.0 Å². The molecule has 0 amide bonds. The molecule has 0 bridgehead atoms. The van der Waals surface area contributed by atoms with Crippen molar-refractivity contribution < 1.29 is 17.6 Å². The molecular formula is C24H22F4N8. The fraction of sp³-hybridized carbons (Fsp3) is 0.333. The number of H-pyrrole nitrogens is 1. The molecular weight excluding hydrogens is 476 g/mol. The molecule has 3 aromatic heterocycles. The second-order valence-electron chi connectivity index (χ2n) is 9.58. The van der Waals surface area contributed by atoms with E-state index in [1.807, 2.05) is 17.0 Å². The van der Waals surface area contributed by atoms with Crippen LogP contribution in [-0.4, -0.2) is 49.0 Å². The number of pyridine rings is 1. The maximum absolute atomic E-state index is 14.6. The Labute approximate surface area is 203 Å². The van der Waals surface area contributed by atoms with Gasteiger partial charge in [-0.2, -0.15) is 9.37 Å². The summed E-state index contributed by atoms with van der Waals surface area (Å²) in [6.07, 6.45) is 3.61. The molecule has 36 heavy (non-hydrogen) atoms. The van der Waals surface area contributed by atoms with Gasteiger partial charge < -0.3 is 10.2 Å². The molecule has 1 spiro atoms. The van der Waals surface area contributed by atoms with E-state index in [1.165, 1.54) is 23.0 Å². The Kier molecular flexibility index (Phi) is 5.02. The van der Waals surface area contributed by atoms with Crippen LogP contribution in [0.25, 0.3) is 22.5 Å². The van der Waals surface area contributed by atoms with Crippen molar-refractivity contribution in [2.75, 3.05) is 23.3 Å². The fourth-order valence-corrected chi connectivity index (χ4v) is 5.19. The molecule has 6 rings (SSSR count). The number of hydrogen-bond acceptors (Lipinski definition) is 6. The lowest BCUT2D eigenvalue weighted by atomic mass is 9.65. The Bertz CT molecular complexity index is 1420. The SMILES string of the molecule is Cn1nc(-c2ccc(N3CCC4(C3)CC(F)(F)C4)nc2)nc1Nc1ccc(-c2c[nH]nc2F)c(F)c1. The minimum absolute atomic E-state index is 0.0466. The van der Waals surface area contributed by atoms with Crippen LogP contribution >= 0.6 is 0 Å². The number of aromatic amines is 1. The van der Waals surface area contributed by atoms with Crippen LogP contribution in [0.5, 0.6) is 0 Å². The smallest absolute Gasteiger partial charge is 0.249 e. The number of aromatic nitrogens is 6. The number of nitrogens with one attached hydrogen (secondary N) is 2. The molecule has 4 aromatic rings. The van der Waals surface area contributed by atoms with E-state index < -0.39 is 17.7 Å². The van der Waals surface area contributed by atoms with Crippen molar-refractivity contribution in [1.82, 2.24) is 29.9 Å². The van der Waals surface area contributed by atoms with Gasteiger partial charge in [0.2, 0.25) is 17.8 Å². The minimum atomic E-state index is -2.53. The van der Waals surface area contributed by atoms with Gasteiger partial charge in [-0.1, -0.05) is 0 Å². The van der Waals surface area contributed by atoms with Crippen molar-refractivity contribution in [3.05, 3.63) is 54.5 Å². The Hall–Kier alpha value is -3.96. The van der Waals surface area contributed by atoms with Gasteiger partial charge in [0.05, 0.1) is 5.56 Å². The van der Waals surface area contributed by atoms with E-state index >= 15 is 0 Å². The molecule has 12 heteroatoms. The van der Waals surface area contributed by atoms with E-state index in [4.69, 9.17) is 0 Å². The highest BCUT2D eigenvalue weighted by Crippen LogP contribution is 2.56. The van der Waals surface area contributed by atoms with Gasteiger partial charge in [-0.25, -0.2) is 22.8 Å². The molecule has 0 atom stereocenters. The van der Waals surface area contributed by atoms with Crippen LogP contribution in [0.1, 0.15) is 19.3 Å². The minimum Gasteiger partial charge on any atom is -0.356 e. The number of halogens is 4. The third-order valence-corrected chi connectivity index (χ3v) is 6.91. The number of nitrogens with zero attached hydrogens (tertiary/aromatic N) is 6. The van der Waals surface area contributed by atoms with Crippen molar-refractivity contribution in [2.45, 2.75) is 25.2 Å². The van der Waals surface area contributed by atoms with Gasteiger partial charge in [-0.3, -0.25) is 5.10 Å². The molecule has 1 saturated carbocycles. The zero-order valence-corrected chi connectivity index (χ0v) is 19.3. The lowest BCUT2D eigenvalue weighted by Gasteiger charge is -2.44. The highest BCUT2D eigenvalue weighted by Gasteiger charge is 2.58. The summed E-state index contributed by atoms with van der Waals surface area (Å²) in [4.78, 5) is 11.0. The van der Waals surface area contributed by atoms with Crippen LogP contribution < -0.4 is 10.2 Å². The third kappa shape index (κ3) is 3.95.